The molecule has 262 valence electrons. The van der Waals surface area contributed by atoms with Gasteiger partial charge in [-0.15, -0.1) is 0 Å². The van der Waals surface area contributed by atoms with Crippen LogP contribution in [0.2, 0.25) is 0 Å². The molecule has 1 unspecified atom stereocenters. The summed E-state index contributed by atoms with van der Waals surface area (Å²) in [4.78, 5) is 66.5. The number of alkyl halides is 2. The molecule has 4 amide bonds. The maximum absolute atomic E-state index is 15.3. The molecule has 1 fully saturated rings. The summed E-state index contributed by atoms with van der Waals surface area (Å²) >= 11 is 0. The lowest BCUT2D eigenvalue weighted by Crippen LogP contribution is -2.58. The van der Waals surface area contributed by atoms with Crippen LogP contribution in [0.1, 0.15) is 79.7 Å². The van der Waals surface area contributed by atoms with Gasteiger partial charge in [-0.1, -0.05) is 58.0 Å². The van der Waals surface area contributed by atoms with E-state index >= 15 is 8.78 Å². The number of imide groups is 1. The molecule has 2 aromatic rings. The number of benzene rings is 2. The second-order valence-corrected chi connectivity index (χ2v) is 14.6. The van der Waals surface area contributed by atoms with Gasteiger partial charge < -0.3 is 5.32 Å². The van der Waals surface area contributed by atoms with Crippen LogP contribution < -0.4 is 15.4 Å². The van der Waals surface area contributed by atoms with Gasteiger partial charge in [-0.25, -0.2) is 13.1 Å². The van der Waals surface area contributed by atoms with Crippen molar-refractivity contribution in [2.75, 3.05) is 12.8 Å². The maximum atomic E-state index is 15.3. The van der Waals surface area contributed by atoms with E-state index in [1.54, 1.807) is 27.7 Å². The fraction of sp³-hybridized carbons (Fsp3) is 0.500. The molecule has 0 aliphatic carbocycles. The van der Waals surface area contributed by atoms with Crippen molar-refractivity contribution in [3.05, 3.63) is 71.3 Å². The number of aryl methyl sites for hydroxylation is 1. The van der Waals surface area contributed by atoms with Crippen LogP contribution in [0.3, 0.4) is 0 Å². The number of nitrogens with zero attached hydrogens (tertiary/aromatic N) is 1. The highest BCUT2D eigenvalue weighted by Crippen LogP contribution is 2.32. The number of nitrogens with one attached hydrogen (secondary N) is 3. The van der Waals surface area contributed by atoms with Crippen molar-refractivity contribution in [2.45, 2.75) is 83.8 Å². The first kappa shape index (κ1) is 38.4. The average molecular weight is 691 g/mol. The van der Waals surface area contributed by atoms with Gasteiger partial charge in [0.2, 0.25) is 27.6 Å². The van der Waals surface area contributed by atoms with Crippen molar-refractivity contribution in [1.82, 2.24) is 20.3 Å². The Labute approximate surface area is 280 Å². The number of hydrogen-bond acceptors (Lipinski definition) is 8. The second kappa shape index (κ2) is 16.4. The summed E-state index contributed by atoms with van der Waals surface area (Å²) in [5.74, 6) is -8.98. The summed E-state index contributed by atoms with van der Waals surface area (Å²) in [7, 11) is -3.79. The topological polar surface area (TPSA) is 159 Å². The summed E-state index contributed by atoms with van der Waals surface area (Å²) in [6.45, 7) is 6.83. The fourth-order valence-electron chi connectivity index (χ4n) is 5.78. The Balaban J connectivity index is 1.66. The first-order valence-electron chi connectivity index (χ1n) is 15.9. The number of carbonyl (C=O) groups is 5. The third kappa shape index (κ3) is 10.5. The maximum Gasteiger partial charge on any atom is 0.306 e. The molecule has 0 saturated carbocycles. The highest BCUT2D eigenvalue weighted by atomic mass is 32.2. The number of hydrogen-bond donors (Lipinski definition) is 3. The Hall–Kier alpha value is -4.04. The van der Waals surface area contributed by atoms with E-state index < -0.39 is 81.7 Å². The lowest BCUT2D eigenvalue weighted by molar-refractivity contribution is -0.153. The van der Waals surface area contributed by atoms with Crippen LogP contribution >= 0.6 is 0 Å². The highest BCUT2D eigenvalue weighted by Gasteiger charge is 2.49. The summed E-state index contributed by atoms with van der Waals surface area (Å²) < 4.78 is 55.0. The molecule has 1 saturated heterocycles. The summed E-state index contributed by atoms with van der Waals surface area (Å²) in [6, 6.07) is 10.8. The number of likely N-dealkylation sites (tertiary alicyclic amines) is 1. The van der Waals surface area contributed by atoms with Gasteiger partial charge in [-0.3, -0.25) is 34.2 Å². The minimum Gasteiger partial charge on any atom is -0.340 e. The molecule has 3 N–H and O–H groups in total. The van der Waals surface area contributed by atoms with E-state index in [4.69, 9.17) is 0 Å². The van der Waals surface area contributed by atoms with Crippen LogP contribution in [0.5, 0.6) is 0 Å². The number of halogens is 2. The van der Waals surface area contributed by atoms with Crippen molar-refractivity contribution in [3.63, 3.8) is 0 Å². The van der Waals surface area contributed by atoms with Gasteiger partial charge in [0.25, 0.3) is 11.8 Å². The van der Waals surface area contributed by atoms with Crippen LogP contribution in [0.4, 0.5) is 8.78 Å². The predicted molar refractivity (Wildman–Crippen MR) is 176 cm³/mol. The predicted octanol–water partition coefficient (Wildman–Crippen LogP) is 3.49. The molecule has 3 rings (SSSR count). The van der Waals surface area contributed by atoms with Crippen molar-refractivity contribution >= 4 is 39.4 Å². The number of carbonyl (C=O) groups excluding carboxylic acids is 5. The molecule has 0 aromatic heterocycles. The Morgan fingerprint density at radius 3 is 2.02 bits per heavy atom. The Morgan fingerprint density at radius 2 is 1.48 bits per heavy atom. The standard InChI is InChI=1S/C34H44F2N4O7S/c1-21(2)27(37-30(42)24-15-17-25(18-16-24)31(43)39-48(5,46)47)33(45)38-32(44)26-14-10-20-40(26)28(22(3)4)29(41)34(35,36)19-9-13-23-11-7-6-8-12-23/h6-8,11-12,15-18,21-22,26-28H,9-10,13-14,19-20H2,1-5H3,(H,37,42)(H,39,43)(H,38,44,45)/t26-,27-,28?/m0/s1. The number of amides is 4. The SMILES string of the molecule is CC(C)C(C(=O)C(F)(F)CCCc1ccccc1)N1CCC[C@H]1C(=O)NC(=O)[C@@H](NC(=O)c1ccc(C(=O)NS(C)(=O)=O)cc1)C(C)C. The molecule has 2 aromatic carbocycles. The lowest BCUT2D eigenvalue weighted by Gasteiger charge is -2.36. The number of ketones is 1. The normalized spacial score (nSPS) is 16.7. The Kier molecular flexibility index (Phi) is 13.1. The zero-order valence-electron chi connectivity index (χ0n) is 27.8. The third-order valence-corrected chi connectivity index (χ3v) is 8.74. The first-order chi connectivity index (χ1) is 22.4. The molecule has 1 aliphatic heterocycles. The van der Waals surface area contributed by atoms with Crippen LogP contribution in [0.25, 0.3) is 0 Å². The molecule has 1 heterocycles. The monoisotopic (exact) mass is 690 g/mol. The molecule has 0 spiro atoms. The largest absolute Gasteiger partial charge is 0.340 e. The molecule has 3 atom stereocenters. The first-order valence-corrected chi connectivity index (χ1v) is 17.8. The van der Waals surface area contributed by atoms with Crippen molar-refractivity contribution < 1.29 is 41.2 Å². The van der Waals surface area contributed by atoms with Crippen LogP contribution in [0, 0.1) is 11.8 Å². The van der Waals surface area contributed by atoms with Gasteiger partial charge in [0.05, 0.1) is 18.3 Å². The molecule has 1 aliphatic rings. The van der Waals surface area contributed by atoms with Gasteiger partial charge in [-0.2, -0.15) is 8.78 Å². The van der Waals surface area contributed by atoms with Crippen LogP contribution in [-0.2, 0) is 30.8 Å². The van der Waals surface area contributed by atoms with Gasteiger partial charge >= 0.3 is 5.92 Å². The van der Waals surface area contributed by atoms with E-state index in [-0.39, 0.29) is 30.5 Å². The minimum absolute atomic E-state index is 0.00928. The molecular weight excluding hydrogens is 646 g/mol. The quantitative estimate of drug-likeness (QED) is 0.256. The van der Waals surface area contributed by atoms with Crippen molar-refractivity contribution in [1.29, 1.82) is 0 Å². The van der Waals surface area contributed by atoms with E-state index in [9.17, 15) is 32.4 Å². The zero-order valence-corrected chi connectivity index (χ0v) is 28.6. The number of Topliss-reactive ketones (excluding diaryl/α,β-unsaturated/α-hetero) is 1. The summed E-state index contributed by atoms with van der Waals surface area (Å²) in [5.41, 5.74) is 0.956. The van der Waals surface area contributed by atoms with E-state index in [1.807, 2.05) is 35.1 Å². The van der Waals surface area contributed by atoms with E-state index in [2.05, 4.69) is 10.6 Å². The smallest absolute Gasteiger partial charge is 0.306 e. The van der Waals surface area contributed by atoms with Crippen LogP contribution in [-0.4, -0.2) is 79.6 Å². The third-order valence-electron chi connectivity index (χ3n) is 8.18. The molecule has 0 bridgehead atoms. The molecular formula is C34H44F2N4O7S. The second-order valence-electron chi connectivity index (χ2n) is 12.8. The Bertz CT molecular complexity index is 1580. The molecule has 0 radical (unpaired) electrons. The van der Waals surface area contributed by atoms with E-state index in [0.29, 0.717) is 12.8 Å². The van der Waals surface area contributed by atoms with E-state index in [1.165, 1.54) is 29.2 Å². The molecule has 48 heavy (non-hydrogen) atoms. The van der Waals surface area contributed by atoms with Gasteiger partial charge in [0.15, 0.2) is 0 Å². The fourth-order valence-corrected chi connectivity index (χ4v) is 6.24. The molecule has 14 heteroatoms. The van der Waals surface area contributed by atoms with Gasteiger partial charge in [-0.05, 0) is 73.9 Å². The molecule has 11 nitrogen and oxygen atoms in total. The lowest BCUT2D eigenvalue weighted by atomic mass is 9.91. The average Bonchev–Trinajstić information content (AvgIpc) is 3.48. The minimum atomic E-state index is -3.79. The summed E-state index contributed by atoms with van der Waals surface area (Å²) in [5, 5.41) is 4.89. The zero-order chi connectivity index (χ0) is 35.8. The number of rotatable bonds is 15. The Morgan fingerprint density at radius 1 is 0.896 bits per heavy atom. The summed E-state index contributed by atoms with van der Waals surface area (Å²) in [6.07, 6.45) is 1.43. The van der Waals surface area contributed by atoms with Crippen LogP contribution in [0.15, 0.2) is 54.6 Å². The van der Waals surface area contributed by atoms with Gasteiger partial charge in [0, 0.05) is 17.5 Å². The van der Waals surface area contributed by atoms with Crippen molar-refractivity contribution in [2.24, 2.45) is 11.8 Å². The number of sulfonamides is 1. The van der Waals surface area contributed by atoms with Crippen molar-refractivity contribution in [3.8, 4) is 0 Å². The van der Waals surface area contributed by atoms with Gasteiger partial charge in [0.1, 0.15) is 6.04 Å². The highest BCUT2D eigenvalue weighted by molar-refractivity contribution is 7.89. The van der Waals surface area contributed by atoms with E-state index in [0.717, 1.165) is 11.8 Å².